The second-order valence-electron chi connectivity index (χ2n) is 5.65. The van der Waals surface area contributed by atoms with E-state index in [-0.39, 0.29) is 5.75 Å². The molecular weight excluding hydrogens is 286 g/mol. The van der Waals surface area contributed by atoms with E-state index in [1.165, 1.54) is 0 Å². The number of phenolic OH excluding ortho intramolecular Hbond substituents is 1. The first kappa shape index (κ1) is 15.3. The average molecular weight is 307 g/mol. The first-order valence-electron chi connectivity index (χ1n) is 7.97. The molecule has 0 atom stereocenters. The minimum atomic E-state index is 0.286. The van der Waals surface area contributed by atoms with Gasteiger partial charge in [-0.1, -0.05) is 31.5 Å². The second-order valence-corrected chi connectivity index (χ2v) is 5.65. The quantitative estimate of drug-likeness (QED) is 0.768. The van der Waals surface area contributed by atoms with Crippen LogP contribution in [0.5, 0.6) is 5.75 Å². The molecule has 3 aromatic rings. The maximum Gasteiger partial charge on any atom is 0.123 e. The van der Waals surface area contributed by atoms with Crippen molar-refractivity contribution in [1.82, 2.24) is 14.8 Å². The number of unbranched alkanes of at least 4 members (excludes halogenated alkanes) is 1. The van der Waals surface area contributed by atoms with E-state index < -0.39 is 0 Å². The van der Waals surface area contributed by atoms with Crippen LogP contribution in [0.25, 0.3) is 22.4 Å². The molecular formula is C19H21N3O. The van der Waals surface area contributed by atoms with Crippen LogP contribution in [0, 0.1) is 0 Å². The zero-order chi connectivity index (χ0) is 16.2. The standard InChI is InChI=1S/C19H21N3O/c1-3-4-8-16-18(15-7-5-6-9-17(15)23)19(22(2)21-16)14-10-12-20-13-11-14/h5-7,9-13,23H,3-4,8H2,1-2H3. The predicted octanol–water partition coefficient (Wildman–Crippen LogP) is 4.20. The summed E-state index contributed by atoms with van der Waals surface area (Å²) in [5.74, 6) is 0.286. The molecule has 2 heterocycles. The van der Waals surface area contributed by atoms with Crippen LogP contribution in [0.15, 0.2) is 48.8 Å². The summed E-state index contributed by atoms with van der Waals surface area (Å²) in [7, 11) is 1.95. The molecule has 0 spiro atoms. The van der Waals surface area contributed by atoms with Gasteiger partial charge in [-0.3, -0.25) is 9.67 Å². The Kier molecular flexibility index (Phi) is 4.42. The molecule has 4 heteroatoms. The van der Waals surface area contributed by atoms with Gasteiger partial charge in [0.05, 0.1) is 11.4 Å². The lowest BCUT2D eigenvalue weighted by Crippen LogP contribution is -1.95. The van der Waals surface area contributed by atoms with Gasteiger partial charge in [0.15, 0.2) is 0 Å². The molecule has 0 fully saturated rings. The van der Waals surface area contributed by atoms with Gasteiger partial charge in [0.2, 0.25) is 0 Å². The Hall–Kier alpha value is -2.62. The van der Waals surface area contributed by atoms with Crippen molar-refractivity contribution in [3.8, 4) is 28.1 Å². The van der Waals surface area contributed by atoms with Gasteiger partial charge < -0.3 is 5.11 Å². The van der Waals surface area contributed by atoms with E-state index in [0.29, 0.717) is 0 Å². The van der Waals surface area contributed by atoms with Crippen LogP contribution < -0.4 is 0 Å². The number of aromatic nitrogens is 3. The van der Waals surface area contributed by atoms with Gasteiger partial charge in [-0.25, -0.2) is 0 Å². The lowest BCUT2D eigenvalue weighted by molar-refractivity contribution is 0.477. The number of hydrogen-bond acceptors (Lipinski definition) is 3. The fourth-order valence-electron chi connectivity index (χ4n) is 2.91. The second kappa shape index (κ2) is 6.65. The smallest absolute Gasteiger partial charge is 0.123 e. The van der Waals surface area contributed by atoms with E-state index in [9.17, 15) is 5.11 Å². The van der Waals surface area contributed by atoms with Gasteiger partial charge in [0.25, 0.3) is 0 Å². The highest BCUT2D eigenvalue weighted by molar-refractivity contribution is 5.85. The molecule has 0 aliphatic rings. The van der Waals surface area contributed by atoms with E-state index in [1.807, 2.05) is 42.1 Å². The summed E-state index contributed by atoms with van der Waals surface area (Å²) in [6.45, 7) is 2.17. The summed E-state index contributed by atoms with van der Waals surface area (Å²) in [5.41, 5.74) is 4.95. The molecule has 0 bridgehead atoms. The van der Waals surface area contributed by atoms with Crippen molar-refractivity contribution in [3.63, 3.8) is 0 Å². The molecule has 1 aromatic carbocycles. The zero-order valence-electron chi connectivity index (χ0n) is 13.5. The SMILES string of the molecule is CCCCc1nn(C)c(-c2ccncc2)c1-c1ccccc1O. The Balaban J connectivity index is 2.23. The topological polar surface area (TPSA) is 50.9 Å². The van der Waals surface area contributed by atoms with Crippen LogP contribution in [0.4, 0.5) is 0 Å². The molecule has 1 N–H and O–H groups in total. The summed E-state index contributed by atoms with van der Waals surface area (Å²) in [6, 6.07) is 11.4. The van der Waals surface area contributed by atoms with Gasteiger partial charge >= 0.3 is 0 Å². The number of aromatic hydroxyl groups is 1. The number of hydrogen-bond donors (Lipinski definition) is 1. The Morgan fingerprint density at radius 3 is 2.52 bits per heavy atom. The Labute approximate surface area is 136 Å². The lowest BCUT2D eigenvalue weighted by atomic mass is 9.96. The first-order valence-corrected chi connectivity index (χ1v) is 7.97. The summed E-state index contributed by atoms with van der Waals surface area (Å²) < 4.78 is 1.90. The van der Waals surface area contributed by atoms with Gasteiger partial charge in [0.1, 0.15) is 5.75 Å². The molecule has 23 heavy (non-hydrogen) atoms. The number of pyridine rings is 1. The van der Waals surface area contributed by atoms with E-state index in [1.54, 1.807) is 18.5 Å². The molecule has 4 nitrogen and oxygen atoms in total. The third kappa shape index (κ3) is 2.97. The first-order chi connectivity index (χ1) is 11.2. The van der Waals surface area contributed by atoms with Crippen LogP contribution >= 0.6 is 0 Å². The molecule has 0 aliphatic carbocycles. The zero-order valence-corrected chi connectivity index (χ0v) is 13.5. The third-order valence-electron chi connectivity index (χ3n) is 4.01. The third-order valence-corrected chi connectivity index (χ3v) is 4.01. The predicted molar refractivity (Wildman–Crippen MR) is 92.2 cm³/mol. The number of aryl methyl sites for hydroxylation is 2. The van der Waals surface area contributed by atoms with Crippen LogP contribution in [0.3, 0.4) is 0 Å². The summed E-state index contributed by atoms with van der Waals surface area (Å²) in [6.07, 6.45) is 6.65. The van der Waals surface area contributed by atoms with Crippen molar-refractivity contribution in [2.24, 2.45) is 7.05 Å². The van der Waals surface area contributed by atoms with Gasteiger partial charge in [0, 0.05) is 36.1 Å². The number of para-hydroxylation sites is 1. The maximum absolute atomic E-state index is 10.3. The van der Waals surface area contributed by atoms with Gasteiger partial charge in [-0.15, -0.1) is 0 Å². The minimum absolute atomic E-state index is 0.286. The highest BCUT2D eigenvalue weighted by Crippen LogP contribution is 2.39. The summed E-state index contributed by atoms with van der Waals surface area (Å²) >= 11 is 0. The fourth-order valence-corrected chi connectivity index (χ4v) is 2.91. The van der Waals surface area contributed by atoms with Crippen molar-refractivity contribution in [3.05, 3.63) is 54.5 Å². The maximum atomic E-state index is 10.3. The van der Waals surface area contributed by atoms with E-state index in [2.05, 4.69) is 11.9 Å². The van der Waals surface area contributed by atoms with Crippen LogP contribution in [0.1, 0.15) is 25.5 Å². The number of rotatable bonds is 5. The molecule has 3 rings (SSSR count). The molecule has 0 aliphatic heterocycles. The van der Waals surface area contributed by atoms with Crippen molar-refractivity contribution >= 4 is 0 Å². The largest absolute Gasteiger partial charge is 0.507 e. The normalized spacial score (nSPS) is 10.9. The lowest BCUT2D eigenvalue weighted by Gasteiger charge is -2.09. The van der Waals surface area contributed by atoms with Crippen molar-refractivity contribution in [2.75, 3.05) is 0 Å². The monoisotopic (exact) mass is 307 g/mol. The Morgan fingerprint density at radius 2 is 1.83 bits per heavy atom. The van der Waals surface area contributed by atoms with Crippen molar-refractivity contribution in [2.45, 2.75) is 26.2 Å². The van der Waals surface area contributed by atoms with Gasteiger partial charge in [-0.05, 0) is 31.0 Å². The summed E-state index contributed by atoms with van der Waals surface area (Å²) in [5, 5.41) is 15.1. The minimum Gasteiger partial charge on any atom is -0.507 e. The van der Waals surface area contributed by atoms with E-state index in [0.717, 1.165) is 47.3 Å². The van der Waals surface area contributed by atoms with E-state index >= 15 is 0 Å². The molecule has 0 unspecified atom stereocenters. The number of phenols is 1. The Morgan fingerprint density at radius 1 is 1.09 bits per heavy atom. The molecule has 0 saturated carbocycles. The van der Waals surface area contributed by atoms with E-state index in [4.69, 9.17) is 5.10 Å². The van der Waals surface area contributed by atoms with Crippen molar-refractivity contribution < 1.29 is 5.11 Å². The average Bonchev–Trinajstić information content (AvgIpc) is 2.90. The van der Waals surface area contributed by atoms with Crippen LogP contribution in [-0.2, 0) is 13.5 Å². The van der Waals surface area contributed by atoms with Crippen LogP contribution in [0.2, 0.25) is 0 Å². The fraction of sp³-hybridized carbons (Fsp3) is 0.263. The highest BCUT2D eigenvalue weighted by Gasteiger charge is 2.20. The number of nitrogens with zero attached hydrogens (tertiary/aromatic N) is 3. The highest BCUT2D eigenvalue weighted by atomic mass is 16.3. The van der Waals surface area contributed by atoms with Gasteiger partial charge in [-0.2, -0.15) is 5.10 Å². The molecule has 2 aromatic heterocycles. The van der Waals surface area contributed by atoms with Crippen molar-refractivity contribution in [1.29, 1.82) is 0 Å². The Bertz CT molecular complexity index is 794. The summed E-state index contributed by atoms with van der Waals surface area (Å²) in [4.78, 5) is 4.10. The molecule has 118 valence electrons. The number of benzene rings is 1. The molecule has 0 amide bonds. The van der Waals surface area contributed by atoms with Crippen LogP contribution in [-0.4, -0.2) is 19.9 Å². The molecule has 0 saturated heterocycles. The molecule has 0 radical (unpaired) electrons.